The minimum absolute atomic E-state index is 0. The molecule has 0 heterocycles. The van der Waals surface area contributed by atoms with Gasteiger partial charge in [-0.15, -0.1) is 0 Å². The van der Waals surface area contributed by atoms with E-state index in [4.69, 9.17) is 9.29 Å². The molecule has 7 heteroatoms. The second-order valence-electron chi connectivity index (χ2n) is 6.35. The van der Waals surface area contributed by atoms with E-state index in [1.165, 1.54) is 32.1 Å². The number of hydrogen-bond donors (Lipinski definition) is 1. The fourth-order valence-corrected chi connectivity index (χ4v) is 3.23. The summed E-state index contributed by atoms with van der Waals surface area (Å²) in [5.74, 6) is -0.103. The summed E-state index contributed by atoms with van der Waals surface area (Å²) in [5, 5.41) is 11.9. The van der Waals surface area contributed by atoms with Crippen molar-refractivity contribution in [2.75, 3.05) is 0 Å². The van der Waals surface area contributed by atoms with Gasteiger partial charge < -0.3 is 9.84 Å². The minimum atomic E-state index is -4.38. The smallest absolute Gasteiger partial charge is 0.870 e. The fourth-order valence-electron chi connectivity index (χ4n) is 2.73. The molecule has 2 aromatic rings. The van der Waals surface area contributed by atoms with Crippen LogP contribution >= 0.6 is 0 Å². The first-order valence-electron chi connectivity index (χ1n) is 8.95. The predicted octanol–water partition coefficient (Wildman–Crippen LogP) is 1.71. The number of aryl methyl sites for hydroxylation is 1. The van der Waals surface area contributed by atoms with Crippen LogP contribution in [0, 0.1) is 0 Å². The first kappa shape index (κ1) is 24.6. The largest absolute Gasteiger partial charge is 1.00 e. The van der Waals surface area contributed by atoms with E-state index in [0.717, 1.165) is 36.6 Å². The van der Waals surface area contributed by atoms with Crippen molar-refractivity contribution in [2.24, 2.45) is 0 Å². The molecule has 142 valence electrons. The van der Waals surface area contributed by atoms with Gasteiger partial charge >= 0.3 is 51.4 Å². The number of rotatable bonds is 10. The van der Waals surface area contributed by atoms with Crippen LogP contribution in [0.4, 0.5) is 0 Å². The van der Waals surface area contributed by atoms with Crippen LogP contribution in [-0.4, -0.2) is 13.0 Å². The molecule has 0 unspecified atom stereocenters. The van der Waals surface area contributed by atoms with Gasteiger partial charge in [-0.1, -0.05) is 63.0 Å². The Morgan fingerprint density at radius 3 is 2.41 bits per heavy atom. The van der Waals surface area contributed by atoms with Gasteiger partial charge in [0, 0.05) is 6.07 Å². The van der Waals surface area contributed by atoms with Crippen LogP contribution in [-0.2, 0) is 16.5 Å². The van der Waals surface area contributed by atoms with Gasteiger partial charge in [-0.05, 0) is 36.6 Å². The zero-order chi connectivity index (χ0) is 19.0. The summed E-state index contributed by atoms with van der Waals surface area (Å²) in [4.78, 5) is -0.365. The van der Waals surface area contributed by atoms with Crippen molar-refractivity contribution < 1.29 is 74.2 Å². The molecule has 0 amide bonds. The zero-order valence-corrected chi connectivity index (χ0v) is 19.9. The van der Waals surface area contributed by atoms with Gasteiger partial charge in [-0.2, -0.15) is 8.42 Å². The van der Waals surface area contributed by atoms with E-state index in [-0.39, 0.29) is 62.0 Å². The summed E-state index contributed by atoms with van der Waals surface area (Å²) in [6.07, 6.45) is 8.24. The molecule has 0 aliphatic carbocycles. The SMILES string of the molecule is CCCCCCCCc1cccc(Oc2cc(S(=O)(=O)O)ccc2[O-])c1.[K+]. The zero-order valence-electron chi connectivity index (χ0n) is 16.0. The van der Waals surface area contributed by atoms with E-state index < -0.39 is 15.9 Å². The van der Waals surface area contributed by atoms with E-state index in [1.54, 1.807) is 6.07 Å². The van der Waals surface area contributed by atoms with E-state index in [1.807, 2.05) is 18.2 Å². The molecule has 0 saturated carbocycles. The van der Waals surface area contributed by atoms with E-state index in [9.17, 15) is 13.5 Å². The summed E-state index contributed by atoms with van der Waals surface area (Å²) >= 11 is 0. The molecule has 0 fully saturated rings. The van der Waals surface area contributed by atoms with Gasteiger partial charge in [0.05, 0.1) is 4.90 Å². The average molecular weight is 417 g/mol. The second-order valence-corrected chi connectivity index (χ2v) is 7.77. The van der Waals surface area contributed by atoms with Crippen LogP contribution in [0.2, 0.25) is 0 Å². The molecule has 0 aromatic heterocycles. The van der Waals surface area contributed by atoms with E-state index >= 15 is 0 Å². The van der Waals surface area contributed by atoms with Crippen LogP contribution in [0.25, 0.3) is 0 Å². The van der Waals surface area contributed by atoms with E-state index in [2.05, 4.69) is 6.92 Å². The standard InChI is InChI=1S/C20H26O5S.K/c1-2-3-4-5-6-7-9-16-10-8-11-17(14-16)25-20-15-18(26(22,23)24)12-13-19(20)21;/h8,10-15,21H,2-7,9H2,1H3,(H,22,23,24);/q;+1/p-1. The number of benzene rings is 2. The van der Waals surface area contributed by atoms with Gasteiger partial charge in [-0.3, -0.25) is 4.55 Å². The monoisotopic (exact) mass is 416 g/mol. The van der Waals surface area contributed by atoms with E-state index in [0.29, 0.717) is 5.75 Å². The Morgan fingerprint density at radius 1 is 1.00 bits per heavy atom. The molecule has 0 aliphatic rings. The Kier molecular flexibility index (Phi) is 11.1. The van der Waals surface area contributed by atoms with Gasteiger partial charge in [0.2, 0.25) is 0 Å². The van der Waals surface area contributed by atoms with Gasteiger partial charge in [0.1, 0.15) is 11.5 Å². The molecule has 0 bridgehead atoms. The molecule has 0 spiro atoms. The fraction of sp³-hybridized carbons (Fsp3) is 0.400. The van der Waals surface area contributed by atoms with Crippen molar-refractivity contribution in [1.82, 2.24) is 0 Å². The molecule has 5 nitrogen and oxygen atoms in total. The first-order valence-corrected chi connectivity index (χ1v) is 10.4. The second kappa shape index (κ2) is 12.2. The topological polar surface area (TPSA) is 86.7 Å². The molecular weight excluding hydrogens is 391 g/mol. The average Bonchev–Trinajstić information content (AvgIpc) is 2.59. The Balaban J connectivity index is 0.00000364. The summed E-state index contributed by atoms with van der Waals surface area (Å²) in [5.41, 5.74) is 1.11. The maximum Gasteiger partial charge on any atom is 1.00 e. The van der Waals surface area contributed by atoms with Crippen LogP contribution in [0.1, 0.15) is 51.0 Å². The quantitative estimate of drug-likeness (QED) is 0.362. The predicted molar refractivity (Wildman–Crippen MR) is 99.3 cm³/mol. The van der Waals surface area contributed by atoms with Crippen LogP contribution in [0.5, 0.6) is 17.2 Å². The molecular formula is C20H25KO5S. The van der Waals surface area contributed by atoms with Gasteiger partial charge in [0.15, 0.2) is 0 Å². The van der Waals surface area contributed by atoms with Gasteiger partial charge in [-0.25, -0.2) is 0 Å². The van der Waals surface area contributed by atoms with Crippen molar-refractivity contribution >= 4 is 10.1 Å². The van der Waals surface area contributed by atoms with Crippen molar-refractivity contribution in [3.63, 3.8) is 0 Å². The molecule has 2 rings (SSSR count). The van der Waals surface area contributed by atoms with Gasteiger partial charge in [0.25, 0.3) is 10.1 Å². The third kappa shape index (κ3) is 8.64. The molecule has 2 aromatic carbocycles. The first-order chi connectivity index (χ1) is 12.4. The molecule has 27 heavy (non-hydrogen) atoms. The van der Waals surface area contributed by atoms with Crippen molar-refractivity contribution in [3.8, 4) is 17.2 Å². The van der Waals surface area contributed by atoms with Crippen molar-refractivity contribution in [1.29, 1.82) is 0 Å². The molecule has 0 aliphatic heterocycles. The molecule has 0 atom stereocenters. The third-order valence-electron chi connectivity index (χ3n) is 4.16. The Morgan fingerprint density at radius 2 is 1.70 bits per heavy atom. The minimum Gasteiger partial charge on any atom is -0.870 e. The Bertz CT molecular complexity index is 821. The number of hydrogen-bond acceptors (Lipinski definition) is 4. The Hall–Kier alpha value is -0.414. The number of unbranched alkanes of at least 4 members (excludes halogenated alkanes) is 5. The molecule has 0 radical (unpaired) electrons. The van der Waals surface area contributed by atoms with Crippen molar-refractivity contribution in [3.05, 3.63) is 48.0 Å². The number of ether oxygens (including phenoxy) is 1. The third-order valence-corrected chi connectivity index (χ3v) is 5.01. The molecule has 1 N–H and O–H groups in total. The Labute approximate surface area is 204 Å². The summed E-state index contributed by atoms with van der Waals surface area (Å²) < 4.78 is 37.1. The van der Waals surface area contributed by atoms with Crippen LogP contribution in [0.3, 0.4) is 0 Å². The maximum atomic E-state index is 11.9. The normalized spacial score (nSPS) is 11.0. The molecule has 0 saturated heterocycles. The van der Waals surface area contributed by atoms with Crippen LogP contribution < -0.4 is 61.2 Å². The van der Waals surface area contributed by atoms with Crippen molar-refractivity contribution in [2.45, 2.75) is 56.8 Å². The van der Waals surface area contributed by atoms with Crippen LogP contribution in [0.15, 0.2) is 47.4 Å². The maximum absolute atomic E-state index is 11.9. The summed E-state index contributed by atoms with van der Waals surface area (Å²) in [6.45, 7) is 2.20. The summed E-state index contributed by atoms with van der Waals surface area (Å²) in [6, 6.07) is 10.6. The summed E-state index contributed by atoms with van der Waals surface area (Å²) in [7, 11) is -4.38.